The molecule has 158 valence electrons. The predicted molar refractivity (Wildman–Crippen MR) is 108 cm³/mol. The summed E-state index contributed by atoms with van der Waals surface area (Å²) in [5.74, 6) is -2.53. The van der Waals surface area contributed by atoms with Gasteiger partial charge in [-0.1, -0.05) is 30.3 Å². The van der Waals surface area contributed by atoms with Crippen LogP contribution in [0, 0.1) is 11.6 Å². The summed E-state index contributed by atoms with van der Waals surface area (Å²) in [6.45, 7) is 1.63. The summed E-state index contributed by atoms with van der Waals surface area (Å²) >= 11 is 0. The monoisotopic (exact) mass is 423 g/mol. The van der Waals surface area contributed by atoms with Crippen LogP contribution in [0.4, 0.5) is 8.78 Å². The van der Waals surface area contributed by atoms with Gasteiger partial charge in [0, 0.05) is 30.3 Å². The summed E-state index contributed by atoms with van der Waals surface area (Å²) in [5.41, 5.74) is 1.10. The summed E-state index contributed by atoms with van der Waals surface area (Å²) < 4.78 is 46.1. The molecule has 2 aliphatic rings. The molecule has 0 saturated carbocycles. The second-order valence-corrected chi connectivity index (χ2v) is 7.38. The van der Waals surface area contributed by atoms with Crippen molar-refractivity contribution in [1.82, 2.24) is 4.90 Å². The molecule has 0 bridgehead atoms. The molecule has 1 unspecified atom stereocenters. The Morgan fingerprint density at radius 3 is 2.13 bits per heavy atom. The lowest BCUT2D eigenvalue weighted by atomic mass is 9.97. The number of fused-ring (bicyclic) bond motifs is 1. The van der Waals surface area contributed by atoms with Gasteiger partial charge >= 0.3 is 5.79 Å². The van der Waals surface area contributed by atoms with Gasteiger partial charge in [-0.2, -0.15) is 0 Å². The van der Waals surface area contributed by atoms with Crippen molar-refractivity contribution in [3.8, 4) is 11.5 Å². The molecule has 0 aliphatic carbocycles. The molecule has 3 aromatic carbocycles. The van der Waals surface area contributed by atoms with Crippen LogP contribution in [0.5, 0.6) is 11.5 Å². The number of halogens is 2. The SMILES string of the molecule is O=C(c1cc2c(cc1F)OC(c1ccccc1)(c1ccc(F)cc1)O2)N1CCOCC1. The van der Waals surface area contributed by atoms with Gasteiger partial charge < -0.3 is 19.1 Å². The van der Waals surface area contributed by atoms with E-state index in [1.54, 1.807) is 17.0 Å². The zero-order chi connectivity index (χ0) is 21.4. The maximum absolute atomic E-state index is 14.9. The third kappa shape index (κ3) is 3.41. The first-order valence-corrected chi connectivity index (χ1v) is 9.97. The van der Waals surface area contributed by atoms with E-state index in [0.717, 1.165) is 6.07 Å². The van der Waals surface area contributed by atoms with Gasteiger partial charge in [-0.05, 0) is 30.3 Å². The van der Waals surface area contributed by atoms with Crippen LogP contribution in [-0.2, 0) is 10.5 Å². The van der Waals surface area contributed by atoms with Crippen LogP contribution >= 0.6 is 0 Å². The van der Waals surface area contributed by atoms with Crippen LogP contribution in [0.2, 0.25) is 0 Å². The second kappa shape index (κ2) is 7.67. The van der Waals surface area contributed by atoms with Gasteiger partial charge in [0.2, 0.25) is 0 Å². The fourth-order valence-electron chi connectivity index (χ4n) is 3.86. The molecule has 1 fully saturated rings. The number of hydrogen-bond donors (Lipinski definition) is 0. The van der Waals surface area contributed by atoms with Gasteiger partial charge in [-0.25, -0.2) is 8.78 Å². The molecule has 0 N–H and O–H groups in total. The molecule has 31 heavy (non-hydrogen) atoms. The predicted octanol–water partition coefficient (Wildman–Crippen LogP) is 4.11. The van der Waals surface area contributed by atoms with Crippen molar-refractivity contribution in [2.75, 3.05) is 26.3 Å². The zero-order valence-electron chi connectivity index (χ0n) is 16.5. The first-order valence-electron chi connectivity index (χ1n) is 9.97. The Balaban J connectivity index is 1.56. The molecule has 2 heterocycles. The summed E-state index contributed by atoms with van der Waals surface area (Å²) in [6.07, 6.45) is 0. The zero-order valence-corrected chi connectivity index (χ0v) is 16.5. The summed E-state index contributed by atoms with van der Waals surface area (Å²) in [7, 11) is 0. The number of nitrogens with zero attached hydrogens (tertiary/aromatic N) is 1. The normalized spacial score (nSPS) is 20.0. The second-order valence-electron chi connectivity index (χ2n) is 7.38. The Bertz CT molecular complexity index is 1110. The maximum Gasteiger partial charge on any atom is 0.305 e. The largest absolute Gasteiger partial charge is 0.440 e. The molecule has 0 aromatic heterocycles. The Kier molecular flexibility index (Phi) is 4.82. The fourth-order valence-corrected chi connectivity index (χ4v) is 3.86. The molecule has 5 rings (SSSR count). The van der Waals surface area contributed by atoms with Gasteiger partial charge in [-0.3, -0.25) is 4.79 Å². The van der Waals surface area contributed by atoms with E-state index in [-0.39, 0.29) is 17.1 Å². The van der Waals surface area contributed by atoms with E-state index in [1.807, 2.05) is 30.3 Å². The van der Waals surface area contributed by atoms with Crippen LogP contribution < -0.4 is 9.47 Å². The first kappa shape index (κ1) is 19.5. The highest BCUT2D eigenvalue weighted by molar-refractivity contribution is 5.95. The maximum atomic E-state index is 14.9. The van der Waals surface area contributed by atoms with E-state index in [9.17, 15) is 13.6 Å². The van der Waals surface area contributed by atoms with Gasteiger partial charge in [0.15, 0.2) is 11.5 Å². The van der Waals surface area contributed by atoms with Crippen molar-refractivity contribution >= 4 is 5.91 Å². The quantitative estimate of drug-likeness (QED) is 0.636. The van der Waals surface area contributed by atoms with Crippen LogP contribution in [0.3, 0.4) is 0 Å². The van der Waals surface area contributed by atoms with Crippen LogP contribution in [0.15, 0.2) is 66.7 Å². The molecule has 3 aromatic rings. The van der Waals surface area contributed by atoms with E-state index in [1.165, 1.54) is 18.2 Å². The molecule has 1 saturated heterocycles. The molecular weight excluding hydrogens is 404 g/mol. The van der Waals surface area contributed by atoms with Crippen LogP contribution in [0.25, 0.3) is 0 Å². The molecule has 1 atom stereocenters. The fraction of sp³-hybridized carbons (Fsp3) is 0.208. The number of rotatable bonds is 3. The number of morpholine rings is 1. The number of carbonyl (C=O) groups excluding carboxylic acids is 1. The van der Waals surface area contributed by atoms with Crippen molar-refractivity contribution in [2.45, 2.75) is 5.79 Å². The minimum atomic E-state index is -1.43. The summed E-state index contributed by atoms with van der Waals surface area (Å²) in [4.78, 5) is 14.4. The summed E-state index contributed by atoms with van der Waals surface area (Å²) in [5, 5.41) is 0. The summed E-state index contributed by atoms with van der Waals surface area (Å²) in [6, 6.07) is 17.4. The van der Waals surface area contributed by atoms with Crippen molar-refractivity contribution in [2.24, 2.45) is 0 Å². The van der Waals surface area contributed by atoms with Crippen molar-refractivity contribution in [3.05, 3.63) is 95.1 Å². The molecule has 7 heteroatoms. The standard InChI is InChI=1S/C24H19F2NO4/c25-18-8-6-17(7-9-18)24(16-4-2-1-3-5-16)30-21-14-19(20(26)15-22(21)31-24)23(28)27-10-12-29-13-11-27/h1-9,14-15H,10-13H2. The van der Waals surface area contributed by atoms with Gasteiger partial charge in [0.25, 0.3) is 5.91 Å². The van der Waals surface area contributed by atoms with E-state index in [2.05, 4.69) is 0 Å². The molecule has 1 amide bonds. The average Bonchev–Trinajstić information content (AvgIpc) is 3.19. The highest BCUT2D eigenvalue weighted by Crippen LogP contribution is 2.48. The lowest BCUT2D eigenvalue weighted by Gasteiger charge is -2.28. The van der Waals surface area contributed by atoms with E-state index in [0.29, 0.717) is 37.4 Å². The minimum Gasteiger partial charge on any atom is -0.440 e. The van der Waals surface area contributed by atoms with Crippen LogP contribution in [-0.4, -0.2) is 37.1 Å². The highest BCUT2D eigenvalue weighted by Gasteiger charge is 2.46. The van der Waals surface area contributed by atoms with Crippen molar-refractivity contribution in [1.29, 1.82) is 0 Å². The highest BCUT2D eigenvalue weighted by atomic mass is 19.1. The number of amides is 1. The molecule has 5 nitrogen and oxygen atoms in total. The Hall–Kier alpha value is -3.45. The van der Waals surface area contributed by atoms with Gasteiger partial charge in [-0.15, -0.1) is 0 Å². The van der Waals surface area contributed by atoms with Crippen molar-refractivity contribution < 1.29 is 27.8 Å². The van der Waals surface area contributed by atoms with E-state index in [4.69, 9.17) is 14.2 Å². The Morgan fingerprint density at radius 2 is 1.45 bits per heavy atom. The third-order valence-electron chi connectivity index (χ3n) is 5.45. The van der Waals surface area contributed by atoms with Crippen molar-refractivity contribution in [3.63, 3.8) is 0 Å². The topological polar surface area (TPSA) is 48.0 Å². The van der Waals surface area contributed by atoms with E-state index >= 15 is 0 Å². The third-order valence-corrected chi connectivity index (χ3v) is 5.45. The number of hydrogen-bond acceptors (Lipinski definition) is 4. The first-order chi connectivity index (χ1) is 15.1. The number of carbonyl (C=O) groups is 1. The minimum absolute atomic E-state index is 0.0905. The Labute approximate surface area is 177 Å². The number of benzene rings is 3. The Morgan fingerprint density at radius 1 is 0.839 bits per heavy atom. The molecule has 2 aliphatic heterocycles. The molecular formula is C24H19F2NO4. The molecule has 0 radical (unpaired) electrons. The average molecular weight is 423 g/mol. The molecule has 0 spiro atoms. The van der Waals surface area contributed by atoms with Gasteiger partial charge in [0.05, 0.1) is 18.8 Å². The smallest absolute Gasteiger partial charge is 0.305 e. The van der Waals surface area contributed by atoms with Gasteiger partial charge in [0.1, 0.15) is 11.6 Å². The lowest BCUT2D eigenvalue weighted by molar-refractivity contribution is -0.0460. The van der Waals surface area contributed by atoms with E-state index < -0.39 is 23.3 Å². The van der Waals surface area contributed by atoms with Crippen LogP contribution in [0.1, 0.15) is 21.5 Å². The lowest BCUT2D eigenvalue weighted by Crippen LogP contribution is -2.41. The number of ether oxygens (including phenoxy) is 3.